The van der Waals surface area contributed by atoms with E-state index in [1.165, 1.54) is 16.4 Å². The summed E-state index contributed by atoms with van der Waals surface area (Å²) in [4.78, 5) is 16.4. The second-order valence-corrected chi connectivity index (χ2v) is 9.07. The van der Waals surface area contributed by atoms with Crippen molar-refractivity contribution in [2.75, 3.05) is 13.1 Å². The van der Waals surface area contributed by atoms with Gasteiger partial charge in [-0.15, -0.1) is 0 Å². The van der Waals surface area contributed by atoms with E-state index in [1.807, 2.05) is 13.0 Å². The highest BCUT2D eigenvalue weighted by molar-refractivity contribution is 7.89. The molecule has 1 aliphatic heterocycles. The predicted molar refractivity (Wildman–Crippen MR) is 101 cm³/mol. The van der Waals surface area contributed by atoms with Gasteiger partial charge in [-0.25, -0.2) is 8.42 Å². The van der Waals surface area contributed by atoms with Gasteiger partial charge in [-0.3, -0.25) is 4.79 Å². The van der Waals surface area contributed by atoms with Crippen molar-refractivity contribution in [3.8, 4) is 0 Å². The van der Waals surface area contributed by atoms with Crippen LogP contribution in [-0.4, -0.2) is 35.2 Å². The molecule has 3 aromatic rings. The van der Waals surface area contributed by atoms with Gasteiger partial charge in [0.1, 0.15) is 10.5 Å². The van der Waals surface area contributed by atoms with Gasteiger partial charge in [0, 0.05) is 19.3 Å². The van der Waals surface area contributed by atoms with E-state index in [0.717, 1.165) is 12.8 Å². The summed E-state index contributed by atoms with van der Waals surface area (Å²) < 4.78 is 29.4. The lowest BCUT2D eigenvalue weighted by atomic mass is 10.0. The number of pyridine rings is 1. The molecule has 0 saturated carbocycles. The minimum atomic E-state index is -3.76. The van der Waals surface area contributed by atoms with Crippen LogP contribution in [0.15, 0.2) is 46.2 Å². The quantitative estimate of drug-likeness (QED) is 0.630. The first kappa shape index (κ1) is 17.5. The van der Waals surface area contributed by atoms with Gasteiger partial charge in [-0.2, -0.15) is 9.29 Å². The number of aromatic nitrogens is 2. The number of benzene rings is 1. The van der Waals surface area contributed by atoms with Crippen molar-refractivity contribution < 1.29 is 8.42 Å². The molecule has 6 nitrogen and oxygen atoms in total. The lowest BCUT2D eigenvalue weighted by Crippen LogP contribution is -2.39. The van der Waals surface area contributed by atoms with Gasteiger partial charge in [-0.1, -0.05) is 24.6 Å². The molecule has 1 aliphatic rings. The number of fused-ring (bicyclic) bond motifs is 3. The highest BCUT2D eigenvalue weighted by Crippen LogP contribution is 2.31. The summed E-state index contributed by atoms with van der Waals surface area (Å²) >= 11 is 6.35. The Bertz CT molecular complexity index is 1170. The molecule has 8 heteroatoms. The van der Waals surface area contributed by atoms with Crippen LogP contribution in [0, 0.1) is 5.92 Å². The number of halogens is 1. The molecule has 1 fully saturated rings. The molecule has 0 radical (unpaired) electrons. The van der Waals surface area contributed by atoms with E-state index in [-0.39, 0.29) is 15.3 Å². The molecule has 0 amide bonds. The third-order valence-electron chi connectivity index (χ3n) is 4.83. The van der Waals surface area contributed by atoms with Crippen molar-refractivity contribution >= 4 is 38.2 Å². The maximum Gasteiger partial charge on any atom is 0.281 e. The van der Waals surface area contributed by atoms with Crippen molar-refractivity contribution in [3.05, 3.63) is 51.9 Å². The van der Waals surface area contributed by atoms with Crippen LogP contribution >= 0.6 is 11.6 Å². The Hall–Kier alpha value is -1.96. The lowest BCUT2D eigenvalue weighted by molar-refractivity contribution is 0.281. The molecule has 136 valence electrons. The van der Waals surface area contributed by atoms with Gasteiger partial charge in [0.25, 0.3) is 5.56 Å². The zero-order chi connectivity index (χ0) is 18.5. The predicted octanol–water partition coefficient (Wildman–Crippen LogP) is 2.92. The van der Waals surface area contributed by atoms with Gasteiger partial charge < -0.3 is 4.40 Å². The molecule has 0 N–H and O–H groups in total. The first-order valence-corrected chi connectivity index (χ1v) is 10.3. The van der Waals surface area contributed by atoms with Crippen molar-refractivity contribution in [1.29, 1.82) is 0 Å². The van der Waals surface area contributed by atoms with E-state index < -0.39 is 15.6 Å². The highest BCUT2D eigenvalue weighted by Gasteiger charge is 2.31. The summed E-state index contributed by atoms with van der Waals surface area (Å²) in [6, 6.07) is 8.21. The normalized spacial score (nSPS) is 19.2. The second kappa shape index (κ2) is 6.33. The van der Waals surface area contributed by atoms with Crippen LogP contribution in [0.2, 0.25) is 5.02 Å². The molecule has 2 aromatic heterocycles. The number of rotatable bonds is 2. The summed E-state index contributed by atoms with van der Waals surface area (Å²) in [5.74, 6) is 0.300. The van der Waals surface area contributed by atoms with E-state index in [9.17, 15) is 13.2 Å². The summed E-state index contributed by atoms with van der Waals surface area (Å²) in [5.41, 5.74) is 0.560. The Balaban J connectivity index is 1.94. The number of sulfonamides is 1. The third-order valence-corrected chi connectivity index (χ3v) is 7.16. The van der Waals surface area contributed by atoms with Crippen LogP contribution in [0.1, 0.15) is 19.8 Å². The average molecular weight is 392 g/mol. The number of piperidine rings is 1. The Morgan fingerprint density at radius 2 is 2.08 bits per heavy atom. The zero-order valence-corrected chi connectivity index (χ0v) is 15.8. The van der Waals surface area contributed by atoms with Crippen LogP contribution in [0.5, 0.6) is 0 Å². The summed E-state index contributed by atoms with van der Waals surface area (Å²) in [6.07, 6.45) is 3.59. The Morgan fingerprint density at radius 3 is 2.85 bits per heavy atom. The van der Waals surface area contributed by atoms with Crippen molar-refractivity contribution in [1.82, 2.24) is 13.7 Å². The Kier molecular flexibility index (Phi) is 4.25. The van der Waals surface area contributed by atoms with Crippen LogP contribution in [0.4, 0.5) is 0 Å². The van der Waals surface area contributed by atoms with Crippen molar-refractivity contribution in [2.24, 2.45) is 5.92 Å². The molecular formula is C18H18ClN3O3S. The molecule has 1 aromatic carbocycles. The summed E-state index contributed by atoms with van der Waals surface area (Å²) in [6.45, 7) is 2.97. The van der Waals surface area contributed by atoms with E-state index in [2.05, 4.69) is 4.98 Å². The fraction of sp³-hybridized carbons (Fsp3) is 0.333. The molecule has 1 saturated heterocycles. The standard InChI is InChI=1S/C18H18ClN3O3S/c1-12-5-4-7-21(11-12)26(24,25)16-9-13-15(10-14(16)19)22-8-3-2-6-17(22)20-18(13)23/h2-3,6,8-10,12H,4-5,7,11H2,1H3/t12-/m1/s1. The topological polar surface area (TPSA) is 71.8 Å². The molecule has 1 atom stereocenters. The van der Waals surface area contributed by atoms with Crippen LogP contribution in [-0.2, 0) is 10.0 Å². The van der Waals surface area contributed by atoms with Crippen LogP contribution in [0.3, 0.4) is 0 Å². The molecule has 4 rings (SSSR count). The van der Waals surface area contributed by atoms with E-state index in [4.69, 9.17) is 11.6 Å². The first-order valence-electron chi connectivity index (χ1n) is 8.49. The largest absolute Gasteiger partial charge is 0.301 e. The Morgan fingerprint density at radius 1 is 1.27 bits per heavy atom. The molecule has 3 heterocycles. The molecule has 0 unspecified atom stereocenters. The molecular weight excluding hydrogens is 374 g/mol. The van der Waals surface area contributed by atoms with Gasteiger partial charge in [0.2, 0.25) is 10.0 Å². The van der Waals surface area contributed by atoms with E-state index in [1.54, 1.807) is 22.7 Å². The van der Waals surface area contributed by atoms with Crippen LogP contribution in [0.25, 0.3) is 16.6 Å². The Labute approximate surface area is 156 Å². The van der Waals surface area contributed by atoms with Gasteiger partial charge in [0.15, 0.2) is 0 Å². The molecule has 0 spiro atoms. The fourth-order valence-corrected chi connectivity index (χ4v) is 5.63. The number of hydrogen-bond donors (Lipinski definition) is 0. The zero-order valence-electron chi connectivity index (χ0n) is 14.2. The number of nitrogens with zero attached hydrogens (tertiary/aromatic N) is 3. The van der Waals surface area contributed by atoms with Gasteiger partial charge in [0.05, 0.1) is 15.9 Å². The maximum absolute atomic E-state index is 13.1. The summed E-state index contributed by atoms with van der Waals surface area (Å²) in [7, 11) is -3.76. The molecule has 0 bridgehead atoms. The lowest BCUT2D eigenvalue weighted by Gasteiger charge is -2.30. The summed E-state index contributed by atoms with van der Waals surface area (Å²) in [5, 5.41) is 0.348. The molecule has 26 heavy (non-hydrogen) atoms. The highest BCUT2D eigenvalue weighted by atomic mass is 35.5. The van der Waals surface area contributed by atoms with E-state index >= 15 is 0 Å². The van der Waals surface area contributed by atoms with Gasteiger partial charge >= 0.3 is 0 Å². The van der Waals surface area contributed by atoms with E-state index in [0.29, 0.717) is 30.2 Å². The van der Waals surface area contributed by atoms with Crippen LogP contribution < -0.4 is 5.56 Å². The third kappa shape index (κ3) is 2.80. The van der Waals surface area contributed by atoms with Crippen molar-refractivity contribution in [2.45, 2.75) is 24.7 Å². The second-order valence-electron chi connectivity index (χ2n) is 6.76. The number of hydrogen-bond acceptors (Lipinski definition) is 4. The molecule has 0 aliphatic carbocycles. The SMILES string of the molecule is C[C@@H]1CCCN(S(=O)(=O)c2cc3c(=O)nc4ccccn4c3cc2Cl)C1. The smallest absolute Gasteiger partial charge is 0.281 e. The minimum Gasteiger partial charge on any atom is -0.301 e. The minimum absolute atomic E-state index is 0.0319. The average Bonchev–Trinajstić information content (AvgIpc) is 2.61. The fourth-order valence-electron chi connectivity index (χ4n) is 3.51. The van der Waals surface area contributed by atoms with Gasteiger partial charge in [-0.05, 0) is 43.0 Å². The van der Waals surface area contributed by atoms with Crippen molar-refractivity contribution in [3.63, 3.8) is 0 Å². The first-order chi connectivity index (χ1) is 12.4. The monoisotopic (exact) mass is 391 g/mol. The maximum atomic E-state index is 13.1.